The summed E-state index contributed by atoms with van der Waals surface area (Å²) in [5.74, 6) is 2.03. The largest absolute Gasteiger partial charge is 0.355 e. The molecular formula is C17H25N3O. The van der Waals surface area contributed by atoms with Gasteiger partial charge in [0.2, 0.25) is 5.91 Å². The van der Waals surface area contributed by atoms with Crippen molar-refractivity contribution in [3.63, 3.8) is 0 Å². The van der Waals surface area contributed by atoms with Gasteiger partial charge in [-0.1, -0.05) is 6.07 Å². The standard InChI is InChI=1S/C17H25N3O/c1-13-5-3-7-16(18-13)20-10-4-6-15(12-20)19(2)17(21)11-14-8-9-14/h3,5,7,14-15H,4,6,8-12H2,1-2H3/t15-/m0/s1. The van der Waals surface area contributed by atoms with E-state index in [1.165, 1.54) is 12.8 Å². The van der Waals surface area contributed by atoms with Gasteiger partial charge in [-0.15, -0.1) is 0 Å². The van der Waals surface area contributed by atoms with Gasteiger partial charge in [0.25, 0.3) is 0 Å². The average Bonchev–Trinajstić information content (AvgIpc) is 3.30. The second-order valence-electron chi connectivity index (χ2n) is 6.53. The third kappa shape index (κ3) is 3.55. The van der Waals surface area contributed by atoms with Gasteiger partial charge >= 0.3 is 0 Å². The van der Waals surface area contributed by atoms with Crippen LogP contribution in [0, 0.1) is 12.8 Å². The van der Waals surface area contributed by atoms with E-state index in [1.54, 1.807) is 0 Å². The zero-order valence-corrected chi connectivity index (χ0v) is 13.1. The predicted octanol–water partition coefficient (Wildman–Crippen LogP) is 2.62. The number of carbonyl (C=O) groups is 1. The molecule has 2 fully saturated rings. The molecule has 0 spiro atoms. The Hall–Kier alpha value is -1.58. The highest BCUT2D eigenvalue weighted by molar-refractivity contribution is 5.77. The van der Waals surface area contributed by atoms with Gasteiger partial charge in [0.15, 0.2) is 0 Å². The van der Waals surface area contributed by atoms with E-state index in [0.717, 1.165) is 43.9 Å². The quantitative estimate of drug-likeness (QED) is 0.854. The number of piperidine rings is 1. The summed E-state index contributed by atoms with van der Waals surface area (Å²) in [6.45, 7) is 3.97. The molecule has 1 aromatic rings. The van der Waals surface area contributed by atoms with Crippen LogP contribution in [0.5, 0.6) is 0 Å². The Balaban J connectivity index is 1.63. The van der Waals surface area contributed by atoms with Gasteiger partial charge in [-0.25, -0.2) is 4.98 Å². The van der Waals surface area contributed by atoms with Crippen molar-refractivity contribution >= 4 is 11.7 Å². The van der Waals surface area contributed by atoms with Crippen LogP contribution in [0.1, 0.15) is 37.8 Å². The average molecular weight is 287 g/mol. The number of rotatable bonds is 4. The molecule has 3 rings (SSSR count). The van der Waals surface area contributed by atoms with Crippen molar-refractivity contribution < 1.29 is 4.79 Å². The van der Waals surface area contributed by atoms with Crippen molar-refractivity contribution in [2.45, 2.75) is 45.1 Å². The summed E-state index contributed by atoms with van der Waals surface area (Å²) < 4.78 is 0. The van der Waals surface area contributed by atoms with Crippen molar-refractivity contribution in [1.82, 2.24) is 9.88 Å². The molecule has 0 bridgehead atoms. The highest BCUT2D eigenvalue weighted by atomic mass is 16.2. The first-order valence-corrected chi connectivity index (χ1v) is 8.08. The monoisotopic (exact) mass is 287 g/mol. The van der Waals surface area contributed by atoms with Crippen molar-refractivity contribution in [2.75, 3.05) is 25.0 Å². The van der Waals surface area contributed by atoms with Crippen LogP contribution in [0.15, 0.2) is 18.2 Å². The number of hydrogen-bond donors (Lipinski definition) is 0. The lowest BCUT2D eigenvalue weighted by molar-refractivity contribution is -0.132. The normalized spacial score (nSPS) is 22.2. The van der Waals surface area contributed by atoms with Crippen LogP contribution >= 0.6 is 0 Å². The molecule has 1 aromatic heterocycles. The fourth-order valence-corrected chi connectivity index (χ4v) is 3.10. The Bertz CT molecular complexity index is 513. The van der Waals surface area contributed by atoms with E-state index in [4.69, 9.17) is 0 Å². The number of amides is 1. The molecule has 1 aliphatic heterocycles. The number of hydrogen-bond acceptors (Lipinski definition) is 3. The minimum Gasteiger partial charge on any atom is -0.355 e. The SMILES string of the molecule is Cc1cccc(N2CCC[C@H](N(C)C(=O)CC3CC3)C2)n1. The number of anilines is 1. The van der Waals surface area contributed by atoms with Gasteiger partial charge in [-0.2, -0.15) is 0 Å². The maximum Gasteiger partial charge on any atom is 0.222 e. The molecular weight excluding hydrogens is 262 g/mol. The van der Waals surface area contributed by atoms with E-state index in [0.29, 0.717) is 17.9 Å². The molecule has 0 unspecified atom stereocenters. The molecule has 4 heteroatoms. The molecule has 1 saturated carbocycles. The third-order valence-electron chi connectivity index (χ3n) is 4.70. The lowest BCUT2D eigenvalue weighted by Gasteiger charge is -2.38. The smallest absolute Gasteiger partial charge is 0.222 e. The van der Waals surface area contributed by atoms with E-state index in [9.17, 15) is 4.79 Å². The van der Waals surface area contributed by atoms with E-state index in [1.807, 2.05) is 24.9 Å². The molecule has 1 aliphatic carbocycles. The zero-order chi connectivity index (χ0) is 14.8. The van der Waals surface area contributed by atoms with E-state index in [2.05, 4.69) is 22.0 Å². The zero-order valence-electron chi connectivity index (χ0n) is 13.1. The van der Waals surface area contributed by atoms with Crippen molar-refractivity contribution in [3.8, 4) is 0 Å². The first kappa shape index (κ1) is 14.4. The summed E-state index contributed by atoms with van der Waals surface area (Å²) in [6, 6.07) is 6.48. The molecule has 0 aromatic carbocycles. The number of nitrogens with zero attached hydrogens (tertiary/aromatic N) is 3. The van der Waals surface area contributed by atoms with Crippen LogP contribution in [-0.4, -0.2) is 42.0 Å². The van der Waals surface area contributed by atoms with Crippen LogP contribution in [0.2, 0.25) is 0 Å². The summed E-state index contributed by atoms with van der Waals surface area (Å²) in [5.41, 5.74) is 1.05. The van der Waals surface area contributed by atoms with Crippen LogP contribution < -0.4 is 4.90 Å². The van der Waals surface area contributed by atoms with Crippen molar-refractivity contribution in [2.24, 2.45) is 5.92 Å². The number of aryl methyl sites for hydroxylation is 1. The second-order valence-corrected chi connectivity index (χ2v) is 6.53. The lowest BCUT2D eigenvalue weighted by atomic mass is 10.0. The Kier molecular flexibility index (Phi) is 4.13. The minimum atomic E-state index is 0.321. The molecule has 2 heterocycles. The Morgan fingerprint density at radius 2 is 2.19 bits per heavy atom. The number of pyridine rings is 1. The molecule has 1 amide bonds. The maximum atomic E-state index is 12.3. The molecule has 2 aliphatic rings. The predicted molar refractivity (Wildman–Crippen MR) is 84.3 cm³/mol. The highest BCUT2D eigenvalue weighted by Crippen LogP contribution is 2.33. The molecule has 0 N–H and O–H groups in total. The summed E-state index contributed by atoms with van der Waals surface area (Å²) in [6.07, 6.45) is 5.46. The van der Waals surface area contributed by atoms with Gasteiger partial charge in [-0.05, 0) is 50.7 Å². The number of carbonyl (C=O) groups excluding carboxylic acids is 1. The number of aromatic nitrogens is 1. The maximum absolute atomic E-state index is 12.3. The fourth-order valence-electron chi connectivity index (χ4n) is 3.10. The first-order valence-electron chi connectivity index (χ1n) is 8.08. The first-order chi connectivity index (χ1) is 10.1. The summed E-state index contributed by atoms with van der Waals surface area (Å²) in [5, 5.41) is 0. The van der Waals surface area contributed by atoms with Crippen LogP contribution in [-0.2, 0) is 4.79 Å². The van der Waals surface area contributed by atoms with Gasteiger partial charge in [0.05, 0.1) is 0 Å². The second kappa shape index (κ2) is 6.04. The summed E-state index contributed by atoms with van der Waals surface area (Å²) in [7, 11) is 1.97. The molecule has 1 saturated heterocycles. The van der Waals surface area contributed by atoms with E-state index >= 15 is 0 Å². The summed E-state index contributed by atoms with van der Waals surface area (Å²) in [4.78, 5) is 21.2. The van der Waals surface area contributed by atoms with Gasteiger partial charge in [0, 0.05) is 38.3 Å². The van der Waals surface area contributed by atoms with Crippen LogP contribution in [0.4, 0.5) is 5.82 Å². The lowest BCUT2D eigenvalue weighted by Crippen LogP contribution is -2.49. The van der Waals surface area contributed by atoms with Crippen LogP contribution in [0.3, 0.4) is 0 Å². The van der Waals surface area contributed by atoms with E-state index < -0.39 is 0 Å². The fraction of sp³-hybridized carbons (Fsp3) is 0.647. The molecule has 0 radical (unpaired) electrons. The van der Waals surface area contributed by atoms with Gasteiger partial charge in [0.1, 0.15) is 5.82 Å². The minimum absolute atomic E-state index is 0.321. The Morgan fingerprint density at radius 3 is 2.90 bits per heavy atom. The number of likely N-dealkylation sites (N-methyl/N-ethyl adjacent to an activating group) is 1. The van der Waals surface area contributed by atoms with Gasteiger partial charge < -0.3 is 9.80 Å². The Morgan fingerprint density at radius 1 is 1.38 bits per heavy atom. The third-order valence-corrected chi connectivity index (χ3v) is 4.70. The molecule has 1 atom stereocenters. The molecule has 21 heavy (non-hydrogen) atoms. The van der Waals surface area contributed by atoms with E-state index in [-0.39, 0.29) is 0 Å². The highest BCUT2D eigenvalue weighted by Gasteiger charge is 2.30. The Labute approximate surface area is 127 Å². The van der Waals surface area contributed by atoms with Crippen molar-refractivity contribution in [3.05, 3.63) is 23.9 Å². The molecule has 114 valence electrons. The summed E-state index contributed by atoms with van der Waals surface area (Å²) >= 11 is 0. The van der Waals surface area contributed by atoms with Gasteiger partial charge in [-0.3, -0.25) is 4.79 Å². The van der Waals surface area contributed by atoms with Crippen molar-refractivity contribution in [1.29, 1.82) is 0 Å². The molecule has 4 nitrogen and oxygen atoms in total. The topological polar surface area (TPSA) is 36.4 Å². The van der Waals surface area contributed by atoms with Crippen LogP contribution in [0.25, 0.3) is 0 Å².